The molecule has 0 aliphatic heterocycles. The maximum Gasteiger partial charge on any atom is 0.305 e. The minimum Gasteiger partial charge on any atom is -0.466 e. The Morgan fingerprint density at radius 2 is 1.83 bits per heavy atom. The van der Waals surface area contributed by atoms with Gasteiger partial charge >= 0.3 is 5.97 Å². The van der Waals surface area contributed by atoms with Crippen LogP contribution in [0, 0.1) is 46.3 Å². The molecule has 0 unspecified atom stereocenters. The first-order valence-corrected chi connectivity index (χ1v) is 12.7. The van der Waals surface area contributed by atoms with E-state index in [-0.39, 0.29) is 29.0 Å². The van der Waals surface area contributed by atoms with Crippen LogP contribution in [0.25, 0.3) is 0 Å². The number of hydrogen-bond acceptors (Lipinski definition) is 4. The number of ether oxygens (including phenoxy) is 1. The van der Waals surface area contributed by atoms with Gasteiger partial charge in [0.25, 0.3) is 0 Å². The second-order valence-corrected chi connectivity index (χ2v) is 11.7. The molecule has 0 aromatic carbocycles. The maximum atomic E-state index is 11.9. The molecule has 0 spiro atoms. The third-order valence-corrected chi connectivity index (χ3v) is 10.6. The number of rotatable bonds is 5. The van der Waals surface area contributed by atoms with Gasteiger partial charge < -0.3 is 14.9 Å². The first-order valence-electron chi connectivity index (χ1n) is 12.7. The van der Waals surface area contributed by atoms with E-state index < -0.39 is 0 Å². The molecule has 172 valence electrons. The van der Waals surface area contributed by atoms with Crippen LogP contribution in [-0.4, -0.2) is 35.0 Å². The highest BCUT2D eigenvalue weighted by molar-refractivity contribution is 5.69. The van der Waals surface area contributed by atoms with Crippen molar-refractivity contribution in [1.29, 1.82) is 0 Å². The Kier molecular flexibility index (Phi) is 6.31. The highest BCUT2D eigenvalue weighted by Gasteiger charge is 2.63. The molecule has 0 heterocycles. The quantitative estimate of drug-likeness (QED) is 0.617. The molecule has 4 heteroatoms. The topological polar surface area (TPSA) is 66.8 Å². The molecule has 0 aromatic rings. The summed E-state index contributed by atoms with van der Waals surface area (Å²) in [4.78, 5) is 11.9. The molecule has 4 rings (SSSR count). The maximum absolute atomic E-state index is 11.9. The summed E-state index contributed by atoms with van der Waals surface area (Å²) in [5.74, 6) is 3.39. The van der Waals surface area contributed by atoms with E-state index in [2.05, 4.69) is 20.8 Å². The minimum absolute atomic E-state index is 0.0212. The van der Waals surface area contributed by atoms with E-state index in [4.69, 9.17) is 4.74 Å². The number of fused-ring (bicyclic) bond motifs is 5. The minimum atomic E-state index is -0.247. The molecule has 10 atom stereocenters. The largest absolute Gasteiger partial charge is 0.466 e. The summed E-state index contributed by atoms with van der Waals surface area (Å²) in [6, 6.07) is 0. The van der Waals surface area contributed by atoms with Gasteiger partial charge in [0.2, 0.25) is 0 Å². The van der Waals surface area contributed by atoms with Gasteiger partial charge in [0.15, 0.2) is 0 Å². The summed E-state index contributed by atoms with van der Waals surface area (Å²) < 4.78 is 5.14. The molecule has 4 aliphatic rings. The number of aliphatic hydroxyl groups excluding tert-OH is 2. The van der Waals surface area contributed by atoms with Gasteiger partial charge in [0.1, 0.15) is 0 Å². The van der Waals surface area contributed by atoms with Crippen LogP contribution < -0.4 is 0 Å². The lowest BCUT2D eigenvalue weighted by Gasteiger charge is -2.62. The first-order chi connectivity index (χ1) is 14.2. The predicted molar refractivity (Wildman–Crippen MR) is 118 cm³/mol. The zero-order valence-electron chi connectivity index (χ0n) is 19.6. The molecular formula is C26H44O4. The number of carbonyl (C=O) groups is 1. The molecule has 2 N–H and O–H groups in total. The fraction of sp³-hybridized carbons (Fsp3) is 0.962. The van der Waals surface area contributed by atoms with E-state index >= 15 is 0 Å². The highest BCUT2D eigenvalue weighted by atomic mass is 16.5. The molecule has 4 nitrogen and oxygen atoms in total. The Hall–Kier alpha value is -0.610. The Morgan fingerprint density at radius 3 is 2.57 bits per heavy atom. The zero-order valence-corrected chi connectivity index (χ0v) is 19.6. The van der Waals surface area contributed by atoms with E-state index in [1.165, 1.54) is 25.7 Å². The first kappa shape index (κ1) is 22.6. The molecule has 0 aromatic heterocycles. The van der Waals surface area contributed by atoms with Gasteiger partial charge in [-0.3, -0.25) is 4.79 Å². The Morgan fingerprint density at radius 1 is 1.07 bits per heavy atom. The normalized spacial score (nSPS) is 48.9. The van der Waals surface area contributed by atoms with Crippen molar-refractivity contribution in [2.75, 3.05) is 6.61 Å². The van der Waals surface area contributed by atoms with Gasteiger partial charge in [-0.15, -0.1) is 0 Å². The second-order valence-electron chi connectivity index (χ2n) is 11.7. The van der Waals surface area contributed by atoms with Crippen molar-refractivity contribution in [3.63, 3.8) is 0 Å². The number of hydrogen-bond donors (Lipinski definition) is 2. The predicted octanol–water partition coefficient (Wildman–Crippen LogP) is 4.96. The summed E-state index contributed by atoms with van der Waals surface area (Å²) in [6.07, 6.45) is 9.88. The number of esters is 1. The fourth-order valence-corrected chi connectivity index (χ4v) is 8.94. The van der Waals surface area contributed by atoms with E-state index in [0.29, 0.717) is 42.6 Å². The van der Waals surface area contributed by atoms with Gasteiger partial charge in [-0.1, -0.05) is 20.8 Å². The van der Waals surface area contributed by atoms with E-state index in [0.717, 1.165) is 38.0 Å². The summed E-state index contributed by atoms with van der Waals surface area (Å²) in [7, 11) is 0. The second kappa shape index (κ2) is 8.39. The van der Waals surface area contributed by atoms with Crippen molar-refractivity contribution in [2.45, 2.75) is 104 Å². The van der Waals surface area contributed by atoms with Crippen LogP contribution in [0.5, 0.6) is 0 Å². The molecule has 0 amide bonds. The highest BCUT2D eigenvalue weighted by Crippen LogP contribution is 2.68. The molecule has 0 bridgehead atoms. The van der Waals surface area contributed by atoms with Crippen molar-refractivity contribution in [3.05, 3.63) is 0 Å². The molecule has 30 heavy (non-hydrogen) atoms. The van der Waals surface area contributed by atoms with Crippen molar-refractivity contribution in [1.82, 2.24) is 0 Å². The van der Waals surface area contributed by atoms with E-state index in [9.17, 15) is 15.0 Å². The Bertz CT molecular complexity index is 635. The lowest BCUT2D eigenvalue weighted by molar-refractivity contribution is -0.175. The van der Waals surface area contributed by atoms with Crippen LogP contribution in [0.4, 0.5) is 0 Å². The molecule has 4 saturated carbocycles. The van der Waals surface area contributed by atoms with Gasteiger partial charge in [0, 0.05) is 6.42 Å². The summed E-state index contributed by atoms with van der Waals surface area (Å²) >= 11 is 0. The van der Waals surface area contributed by atoms with Crippen molar-refractivity contribution < 1.29 is 19.7 Å². The molecule has 4 fully saturated rings. The molecular weight excluding hydrogens is 376 g/mol. The monoisotopic (exact) mass is 420 g/mol. The standard InChI is InChI=1S/C26H44O4/c1-5-30-24(29)11-6-16(2)20-9-10-21-19-8-7-17-14-18(27)12-13-25(17,3)22(19)15-23(28)26(20,21)4/h16-23,27-28H,5-15H2,1-4H3/t16-,17+,18+,19+,20+,21-,22-,23-,25+,26-/m1/s1. The summed E-state index contributed by atoms with van der Waals surface area (Å²) in [5.41, 5.74) is 0.269. The van der Waals surface area contributed by atoms with Crippen molar-refractivity contribution >= 4 is 5.97 Å². The smallest absolute Gasteiger partial charge is 0.305 e. The fourth-order valence-electron chi connectivity index (χ4n) is 8.94. The van der Waals surface area contributed by atoms with Crippen LogP contribution >= 0.6 is 0 Å². The lowest BCUT2D eigenvalue weighted by Crippen LogP contribution is -2.58. The van der Waals surface area contributed by atoms with Crippen LogP contribution in [0.3, 0.4) is 0 Å². The van der Waals surface area contributed by atoms with E-state index in [1.54, 1.807) is 0 Å². The van der Waals surface area contributed by atoms with Crippen molar-refractivity contribution in [3.8, 4) is 0 Å². The Balaban J connectivity index is 1.50. The molecule has 0 radical (unpaired) electrons. The van der Waals surface area contributed by atoms with Gasteiger partial charge in [-0.2, -0.15) is 0 Å². The lowest BCUT2D eigenvalue weighted by atomic mass is 9.43. The SMILES string of the molecule is CCOC(=O)CC[C@@H](C)[C@@H]1CC[C@@H]2[C@@H]3CC[C@H]4C[C@@H](O)CC[C@]4(C)[C@@H]3C[C@@H](O)[C@@]21C. The third kappa shape index (κ3) is 3.54. The van der Waals surface area contributed by atoms with Gasteiger partial charge in [-0.05, 0) is 111 Å². The van der Waals surface area contributed by atoms with Crippen LogP contribution in [0.15, 0.2) is 0 Å². The van der Waals surface area contributed by atoms with Gasteiger partial charge in [0.05, 0.1) is 18.8 Å². The number of carbonyl (C=O) groups excluding carboxylic acids is 1. The zero-order chi connectivity index (χ0) is 21.7. The van der Waals surface area contributed by atoms with Crippen LogP contribution in [0.1, 0.15) is 91.9 Å². The summed E-state index contributed by atoms with van der Waals surface area (Å²) in [6.45, 7) is 9.45. The summed E-state index contributed by atoms with van der Waals surface area (Å²) in [5, 5.41) is 21.8. The van der Waals surface area contributed by atoms with Crippen molar-refractivity contribution in [2.24, 2.45) is 46.3 Å². The average molecular weight is 421 g/mol. The molecule has 4 aliphatic carbocycles. The Labute approximate surface area is 183 Å². The van der Waals surface area contributed by atoms with Crippen LogP contribution in [0.2, 0.25) is 0 Å². The van der Waals surface area contributed by atoms with E-state index in [1.807, 2.05) is 6.92 Å². The number of aliphatic hydroxyl groups is 2. The van der Waals surface area contributed by atoms with Gasteiger partial charge in [-0.25, -0.2) is 0 Å². The third-order valence-electron chi connectivity index (χ3n) is 10.6. The van der Waals surface area contributed by atoms with Crippen LogP contribution in [-0.2, 0) is 9.53 Å². The molecule has 0 saturated heterocycles. The average Bonchev–Trinajstić information content (AvgIpc) is 3.07.